The number of benzene rings is 1. The summed E-state index contributed by atoms with van der Waals surface area (Å²) in [6.07, 6.45) is 4.97. The van der Waals surface area contributed by atoms with Crippen molar-refractivity contribution in [3.63, 3.8) is 0 Å². The molecule has 2 fully saturated rings. The average molecular weight is 273 g/mol. The third-order valence-corrected chi connectivity index (χ3v) is 4.15. The first kappa shape index (κ1) is 13.5. The Bertz CT molecular complexity index is 513. The number of halogens is 1. The van der Waals surface area contributed by atoms with Crippen LogP contribution in [0.15, 0.2) is 18.2 Å². The molecule has 1 aliphatic heterocycles. The van der Waals surface area contributed by atoms with Gasteiger partial charge in [0.25, 0.3) is 0 Å². The van der Waals surface area contributed by atoms with Crippen LogP contribution in [0.4, 0.5) is 4.39 Å². The van der Waals surface area contributed by atoms with Crippen molar-refractivity contribution in [1.82, 2.24) is 10.2 Å². The number of nitrogens with zero attached hydrogens (tertiary/aromatic N) is 2. The Labute approximate surface area is 119 Å². The van der Waals surface area contributed by atoms with Crippen LogP contribution in [-0.4, -0.2) is 30.1 Å². The quantitative estimate of drug-likeness (QED) is 0.895. The van der Waals surface area contributed by atoms with E-state index in [1.54, 1.807) is 12.1 Å². The Balaban J connectivity index is 1.69. The predicted molar refractivity (Wildman–Crippen MR) is 75.6 cm³/mol. The van der Waals surface area contributed by atoms with E-state index in [1.165, 1.54) is 31.7 Å². The van der Waals surface area contributed by atoms with E-state index < -0.39 is 0 Å². The number of nitrogens with one attached hydrogen (secondary N) is 1. The van der Waals surface area contributed by atoms with Crippen LogP contribution in [0.2, 0.25) is 0 Å². The maximum atomic E-state index is 13.5. The molecule has 106 valence electrons. The van der Waals surface area contributed by atoms with Gasteiger partial charge < -0.3 is 5.32 Å². The Morgan fingerprint density at radius 1 is 1.30 bits per heavy atom. The number of rotatable bonds is 5. The summed E-state index contributed by atoms with van der Waals surface area (Å²) < 4.78 is 13.5. The van der Waals surface area contributed by atoms with E-state index in [1.807, 2.05) is 6.07 Å². The normalized spacial score (nSPS) is 22.1. The second-order valence-electron chi connectivity index (χ2n) is 5.91. The van der Waals surface area contributed by atoms with Crippen molar-refractivity contribution >= 4 is 0 Å². The van der Waals surface area contributed by atoms with E-state index in [0.29, 0.717) is 17.6 Å². The predicted octanol–water partition coefficient (Wildman–Crippen LogP) is 2.41. The Morgan fingerprint density at radius 3 is 2.80 bits per heavy atom. The molecule has 3 rings (SSSR count). The summed E-state index contributed by atoms with van der Waals surface area (Å²) in [6.45, 7) is 2.89. The largest absolute Gasteiger partial charge is 0.313 e. The highest BCUT2D eigenvalue weighted by atomic mass is 19.1. The van der Waals surface area contributed by atoms with Crippen LogP contribution in [-0.2, 0) is 6.54 Å². The summed E-state index contributed by atoms with van der Waals surface area (Å²) in [5.41, 5.74) is 1.32. The zero-order chi connectivity index (χ0) is 13.9. The molecule has 1 N–H and O–H groups in total. The van der Waals surface area contributed by atoms with Crippen LogP contribution in [0, 0.1) is 17.1 Å². The summed E-state index contributed by atoms with van der Waals surface area (Å²) in [5.74, 6) is -0.311. The van der Waals surface area contributed by atoms with Crippen LogP contribution in [0.1, 0.15) is 36.8 Å². The summed E-state index contributed by atoms with van der Waals surface area (Å²) in [7, 11) is 0. The first-order valence-electron chi connectivity index (χ1n) is 7.41. The summed E-state index contributed by atoms with van der Waals surface area (Å²) >= 11 is 0. The van der Waals surface area contributed by atoms with Crippen molar-refractivity contribution < 1.29 is 4.39 Å². The van der Waals surface area contributed by atoms with Gasteiger partial charge in [-0.2, -0.15) is 5.26 Å². The van der Waals surface area contributed by atoms with Gasteiger partial charge in [-0.05, 0) is 56.0 Å². The van der Waals surface area contributed by atoms with Crippen molar-refractivity contribution in [2.24, 2.45) is 0 Å². The second kappa shape index (κ2) is 5.90. The minimum atomic E-state index is -0.311. The summed E-state index contributed by atoms with van der Waals surface area (Å²) in [5, 5.41) is 12.5. The van der Waals surface area contributed by atoms with E-state index in [4.69, 9.17) is 5.26 Å². The molecule has 1 aromatic rings. The van der Waals surface area contributed by atoms with E-state index in [-0.39, 0.29) is 5.82 Å². The van der Waals surface area contributed by atoms with Crippen molar-refractivity contribution in [3.8, 4) is 6.07 Å². The SMILES string of the molecule is N#Cc1cc(F)cc(CN(CC2CCCN2)C2CC2)c1. The van der Waals surface area contributed by atoms with Crippen molar-refractivity contribution in [3.05, 3.63) is 35.1 Å². The second-order valence-corrected chi connectivity index (χ2v) is 5.91. The van der Waals surface area contributed by atoms with Gasteiger partial charge >= 0.3 is 0 Å². The lowest BCUT2D eigenvalue weighted by Gasteiger charge is -2.25. The Kier molecular flexibility index (Phi) is 4.00. The number of nitriles is 1. The molecule has 1 unspecified atom stereocenters. The molecule has 2 aliphatic rings. The minimum absolute atomic E-state index is 0.311. The fourth-order valence-electron chi connectivity index (χ4n) is 3.02. The molecule has 20 heavy (non-hydrogen) atoms. The molecule has 4 heteroatoms. The van der Waals surface area contributed by atoms with E-state index in [9.17, 15) is 4.39 Å². The summed E-state index contributed by atoms with van der Waals surface area (Å²) in [6, 6.07) is 7.90. The molecule has 0 spiro atoms. The maximum absolute atomic E-state index is 13.5. The minimum Gasteiger partial charge on any atom is -0.313 e. The van der Waals surface area contributed by atoms with Crippen LogP contribution in [0.25, 0.3) is 0 Å². The third kappa shape index (κ3) is 3.36. The van der Waals surface area contributed by atoms with Crippen LogP contribution < -0.4 is 5.32 Å². The van der Waals surface area contributed by atoms with Gasteiger partial charge in [-0.1, -0.05) is 0 Å². The zero-order valence-corrected chi connectivity index (χ0v) is 11.6. The monoisotopic (exact) mass is 273 g/mol. The zero-order valence-electron chi connectivity index (χ0n) is 11.6. The topological polar surface area (TPSA) is 39.1 Å². The lowest BCUT2D eigenvalue weighted by molar-refractivity contribution is 0.231. The highest BCUT2D eigenvalue weighted by molar-refractivity contribution is 5.33. The van der Waals surface area contributed by atoms with E-state index in [2.05, 4.69) is 10.2 Å². The fraction of sp³-hybridized carbons (Fsp3) is 0.562. The lowest BCUT2D eigenvalue weighted by atomic mass is 10.1. The standard InChI is InChI=1S/C16H20FN3/c17-14-7-12(9-18)6-13(8-14)10-20(16-3-4-16)11-15-2-1-5-19-15/h6-8,15-16,19H,1-5,10-11H2. The van der Waals surface area contributed by atoms with Gasteiger partial charge in [-0.15, -0.1) is 0 Å². The van der Waals surface area contributed by atoms with Crippen LogP contribution in [0.3, 0.4) is 0 Å². The summed E-state index contributed by atoms with van der Waals surface area (Å²) in [4.78, 5) is 2.44. The molecule has 0 aromatic heterocycles. The van der Waals surface area contributed by atoms with Gasteiger partial charge in [0, 0.05) is 25.2 Å². The highest BCUT2D eigenvalue weighted by Crippen LogP contribution is 2.29. The number of hydrogen-bond donors (Lipinski definition) is 1. The smallest absolute Gasteiger partial charge is 0.124 e. The molecule has 0 radical (unpaired) electrons. The molecular formula is C16H20FN3. The van der Waals surface area contributed by atoms with Crippen LogP contribution >= 0.6 is 0 Å². The van der Waals surface area contributed by atoms with Gasteiger partial charge in [-0.3, -0.25) is 4.90 Å². The van der Waals surface area contributed by atoms with Crippen molar-refractivity contribution in [2.45, 2.75) is 44.3 Å². The maximum Gasteiger partial charge on any atom is 0.124 e. The van der Waals surface area contributed by atoms with Gasteiger partial charge in [0.15, 0.2) is 0 Å². The van der Waals surface area contributed by atoms with Gasteiger partial charge in [-0.25, -0.2) is 4.39 Å². The molecule has 1 heterocycles. The molecular weight excluding hydrogens is 253 g/mol. The molecule has 0 bridgehead atoms. The first-order chi connectivity index (χ1) is 9.74. The van der Waals surface area contributed by atoms with E-state index in [0.717, 1.165) is 25.2 Å². The van der Waals surface area contributed by atoms with Gasteiger partial charge in [0.1, 0.15) is 5.82 Å². The third-order valence-electron chi connectivity index (χ3n) is 4.15. The molecule has 1 atom stereocenters. The van der Waals surface area contributed by atoms with Crippen LogP contribution in [0.5, 0.6) is 0 Å². The Hall–Kier alpha value is -1.44. The molecule has 1 aromatic carbocycles. The highest BCUT2D eigenvalue weighted by Gasteiger charge is 2.31. The lowest BCUT2D eigenvalue weighted by Crippen LogP contribution is -2.38. The van der Waals surface area contributed by atoms with E-state index >= 15 is 0 Å². The molecule has 0 amide bonds. The van der Waals surface area contributed by atoms with Gasteiger partial charge in [0.05, 0.1) is 11.6 Å². The van der Waals surface area contributed by atoms with Gasteiger partial charge in [0.2, 0.25) is 0 Å². The number of hydrogen-bond acceptors (Lipinski definition) is 3. The fourth-order valence-corrected chi connectivity index (χ4v) is 3.02. The van der Waals surface area contributed by atoms with Crippen molar-refractivity contribution in [1.29, 1.82) is 5.26 Å². The molecule has 1 aliphatic carbocycles. The average Bonchev–Trinajstić information content (AvgIpc) is 3.16. The Morgan fingerprint density at radius 2 is 2.15 bits per heavy atom. The molecule has 1 saturated carbocycles. The van der Waals surface area contributed by atoms with Crippen molar-refractivity contribution in [2.75, 3.05) is 13.1 Å². The first-order valence-corrected chi connectivity index (χ1v) is 7.41. The molecule has 3 nitrogen and oxygen atoms in total. The molecule has 1 saturated heterocycles.